The molecule has 0 bridgehead atoms. The lowest BCUT2D eigenvalue weighted by Gasteiger charge is -2.28. The molecule has 0 fully saturated rings. The molecule has 6 rings (SSSR count). The average molecular weight is 491 g/mol. The molecule has 184 valence electrons. The van der Waals surface area contributed by atoms with Gasteiger partial charge in [0, 0.05) is 35.3 Å². The van der Waals surface area contributed by atoms with E-state index < -0.39 is 11.8 Å². The summed E-state index contributed by atoms with van der Waals surface area (Å²) in [4.78, 5) is 26.5. The van der Waals surface area contributed by atoms with E-state index in [-0.39, 0.29) is 11.8 Å². The van der Waals surface area contributed by atoms with Crippen LogP contribution >= 0.6 is 0 Å². The fourth-order valence-electron chi connectivity index (χ4n) is 5.10. The van der Waals surface area contributed by atoms with E-state index in [1.54, 1.807) is 0 Å². The first-order valence-electron chi connectivity index (χ1n) is 12.5. The van der Waals surface area contributed by atoms with Crippen LogP contribution in [0.2, 0.25) is 0 Å². The van der Waals surface area contributed by atoms with Gasteiger partial charge in [0.1, 0.15) is 23.0 Å². The van der Waals surface area contributed by atoms with Gasteiger partial charge in [-0.15, -0.1) is 0 Å². The van der Waals surface area contributed by atoms with Crippen molar-refractivity contribution in [1.82, 2.24) is 10.6 Å². The molecule has 2 aliphatic rings. The molecule has 2 heterocycles. The molecular formula is C31H26N2O4. The predicted octanol–water partition coefficient (Wildman–Crippen LogP) is 5.48. The Balaban J connectivity index is 1.09. The lowest BCUT2D eigenvalue weighted by molar-refractivity contribution is -0.122. The van der Waals surface area contributed by atoms with Gasteiger partial charge in [0.25, 0.3) is 0 Å². The highest BCUT2D eigenvalue weighted by molar-refractivity contribution is 5.90. The van der Waals surface area contributed by atoms with E-state index in [4.69, 9.17) is 9.47 Å². The van der Waals surface area contributed by atoms with Gasteiger partial charge in [0.05, 0.1) is 11.8 Å². The zero-order valence-electron chi connectivity index (χ0n) is 20.1. The first kappa shape index (κ1) is 22.9. The van der Waals surface area contributed by atoms with Gasteiger partial charge in [-0.05, 0) is 30.7 Å². The molecule has 0 aromatic heterocycles. The standard InChI is InChI=1S/C31H26N2O4/c34-30(28-20-10-1-5-14-24(20)36-25-15-6-2-11-21(25)28)32-18-9-19-33-31(35)29-22-12-3-7-16-26(22)37-27-17-8-4-13-23(27)29/h1-8,10-17,28-29H,9,18-19H2,(H,32,34)(H,33,35). The summed E-state index contributed by atoms with van der Waals surface area (Å²) >= 11 is 0. The van der Waals surface area contributed by atoms with Crippen molar-refractivity contribution in [3.63, 3.8) is 0 Å². The average Bonchev–Trinajstić information content (AvgIpc) is 2.94. The summed E-state index contributed by atoms with van der Waals surface area (Å²) < 4.78 is 12.0. The topological polar surface area (TPSA) is 76.7 Å². The first-order valence-corrected chi connectivity index (χ1v) is 12.5. The normalized spacial score (nSPS) is 13.6. The first-order chi connectivity index (χ1) is 18.2. The molecule has 2 aliphatic heterocycles. The Bertz CT molecular complexity index is 1280. The second-order valence-electron chi connectivity index (χ2n) is 9.16. The van der Waals surface area contributed by atoms with Crippen molar-refractivity contribution in [1.29, 1.82) is 0 Å². The molecule has 4 aromatic rings. The molecule has 4 aromatic carbocycles. The predicted molar refractivity (Wildman–Crippen MR) is 140 cm³/mol. The van der Waals surface area contributed by atoms with Crippen LogP contribution < -0.4 is 20.1 Å². The van der Waals surface area contributed by atoms with Gasteiger partial charge in [-0.2, -0.15) is 0 Å². The summed E-state index contributed by atoms with van der Waals surface area (Å²) in [5.41, 5.74) is 3.40. The van der Waals surface area contributed by atoms with Crippen LogP contribution in [0.4, 0.5) is 0 Å². The number of nitrogens with one attached hydrogen (secondary N) is 2. The fraction of sp³-hybridized carbons (Fsp3) is 0.161. The molecule has 0 unspecified atom stereocenters. The van der Waals surface area contributed by atoms with Crippen LogP contribution in [-0.4, -0.2) is 24.9 Å². The molecule has 0 radical (unpaired) electrons. The number of carbonyl (C=O) groups is 2. The smallest absolute Gasteiger partial charge is 0.232 e. The van der Waals surface area contributed by atoms with Crippen LogP contribution in [0.1, 0.15) is 40.5 Å². The minimum atomic E-state index is -0.439. The third kappa shape index (κ3) is 4.31. The van der Waals surface area contributed by atoms with E-state index in [0.29, 0.717) is 42.5 Å². The summed E-state index contributed by atoms with van der Waals surface area (Å²) in [5.74, 6) is 1.76. The van der Waals surface area contributed by atoms with Crippen LogP contribution in [-0.2, 0) is 9.59 Å². The maximum Gasteiger partial charge on any atom is 0.232 e. The van der Waals surface area contributed by atoms with Gasteiger partial charge in [-0.3, -0.25) is 9.59 Å². The maximum atomic E-state index is 13.3. The van der Waals surface area contributed by atoms with Crippen molar-refractivity contribution in [3.05, 3.63) is 119 Å². The molecule has 0 atom stereocenters. The zero-order valence-corrected chi connectivity index (χ0v) is 20.1. The number of fused-ring (bicyclic) bond motifs is 4. The number of ether oxygens (including phenoxy) is 2. The highest BCUT2D eigenvalue weighted by Gasteiger charge is 2.33. The third-order valence-electron chi connectivity index (χ3n) is 6.84. The van der Waals surface area contributed by atoms with Gasteiger partial charge >= 0.3 is 0 Å². The zero-order chi connectivity index (χ0) is 25.2. The Morgan fingerprint density at radius 3 is 1.14 bits per heavy atom. The largest absolute Gasteiger partial charge is 0.457 e. The van der Waals surface area contributed by atoms with Crippen molar-refractivity contribution in [2.24, 2.45) is 0 Å². The summed E-state index contributed by atoms with van der Waals surface area (Å²) in [6.45, 7) is 0.892. The van der Waals surface area contributed by atoms with E-state index in [2.05, 4.69) is 10.6 Å². The Labute approximate surface area is 215 Å². The van der Waals surface area contributed by atoms with E-state index in [1.807, 2.05) is 97.1 Å². The number of hydrogen-bond donors (Lipinski definition) is 2. The number of para-hydroxylation sites is 4. The monoisotopic (exact) mass is 490 g/mol. The number of amides is 2. The lowest BCUT2D eigenvalue weighted by Crippen LogP contribution is -2.36. The molecule has 0 aliphatic carbocycles. The second-order valence-corrected chi connectivity index (χ2v) is 9.16. The van der Waals surface area contributed by atoms with Crippen molar-refractivity contribution in [2.75, 3.05) is 13.1 Å². The summed E-state index contributed by atoms with van der Waals surface area (Å²) in [5, 5.41) is 6.11. The molecule has 6 nitrogen and oxygen atoms in total. The quantitative estimate of drug-likeness (QED) is 0.351. The highest BCUT2D eigenvalue weighted by Crippen LogP contribution is 2.45. The van der Waals surface area contributed by atoms with E-state index >= 15 is 0 Å². The van der Waals surface area contributed by atoms with Crippen molar-refractivity contribution >= 4 is 11.8 Å². The Hall–Kier alpha value is -4.58. The number of carbonyl (C=O) groups excluding carboxylic acids is 2. The van der Waals surface area contributed by atoms with Crippen LogP contribution in [0.3, 0.4) is 0 Å². The van der Waals surface area contributed by atoms with Gasteiger partial charge < -0.3 is 20.1 Å². The van der Waals surface area contributed by atoms with Gasteiger partial charge in [0.2, 0.25) is 11.8 Å². The van der Waals surface area contributed by atoms with E-state index in [9.17, 15) is 9.59 Å². The van der Waals surface area contributed by atoms with Gasteiger partial charge in [-0.1, -0.05) is 72.8 Å². The molecule has 37 heavy (non-hydrogen) atoms. The Morgan fingerprint density at radius 2 is 0.811 bits per heavy atom. The van der Waals surface area contributed by atoms with Crippen molar-refractivity contribution < 1.29 is 19.1 Å². The third-order valence-corrected chi connectivity index (χ3v) is 6.84. The maximum absolute atomic E-state index is 13.3. The Morgan fingerprint density at radius 1 is 0.514 bits per heavy atom. The van der Waals surface area contributed by atoms with Crippen LogP contribution in [0.5, 0.6) is 23.0 Å². The van der Waals surface area contributed by atoms with Crippen LogP contribution in [0.15, 0.2) is 97.1 Å². The molecule has 6 heteroatoms. The summed E-state index contributed by atoms with van der Waals surface area (Å²) in [6.07, 6.45) is 0.608. The fourth-order valence-corrected chi connectivity index (χ4v) is 5.10. The highest BCUT2D eigenvalue weighted by atomic mass is 16.5. The molecule has 2 amide bonds. The van der Waals surface area contributed by atoms with Crippen molar-refractivity contribution in [2.45, 2.75) is 18.3 Å². The Kier molecular flexibility index (Phi) is 6.06. The van der Waals surface area contributed by atoms with Gasteiger partial charge in [-0.25, -0.2) is 0 Å². The van der Waals surface area contributed by atoms with E-state index in [0.717, 1.165) is 22.3 Å². The van der Waals surface area contributed by atoms with Crippen LogP contribution in [0, 0.1) is 0 Å². The SMILES string of the molecule is O=C(NCCCNC(=O)C1c2ccccc2Oc2ccccc21)C1c2ccccc2Oc2ccccc21. The molecule has 0 saturated carbocycles. The number of benzene rings is 4. The number of hydrogen-bond acceptors (Lipinski definition) is 4. The molecule has 0 spiro atoms. The van der Waals surface area contributed by atoms with Crippen LogP contribution in [0.25, 0.3) is 0 Å². The minimum absolute atomic E-state index is 0.0817. The summed E-state index contributed by atoms with van der Waals surface area (Å²) in [6, 6.07) is 30.5. The lowest BCUT2D eigenvalue weighted by atomic mass is 9.87. The van der Waals surface area contributed by atoms with E-state index in [1.165, 1.54) is 0 Å². The molecule has 2 N–H and O–H groups in total. The van der Waals surface area contributed by atoms with Gasteiger partial charge in [0.15, 0.2) is 0 Å². The molecule has 0 saturated heterocycles. The van der Waals surface area contributed by atoms with Crippen molar-refractivity contribution in [3.8, 4) is 23.0 Å². The molecular weight excluding hydrogens is 464 g/mol. The second kappa shape index (κ2) is 9.82. The number of rotatable bonds is 6. The minimum Gasteiger partial charge on any atom is -0.457 e. The summed E-state index contributed by atoms with van der Waals surface area (Å²) in [7, 11) is 0.